The topological polar surface area (TPSA) is 28.6 Å². The van der Waals surface area contributed by atoms with Gasteiger partial charge in [0.25, 0.3) is 0 Å². The van der Waals surface area contributed by atoms with E-state index in [2.05, 4.69) is 134 Å². The maximum absolute atomic E-state index is 6.47. The first-order valence-electron chi connectivity index (χ1n) is 14.5. The Hall–Kier alpha value is -3.96. The molecule has 4 heterocycles. The summed E-state index contributed by atoms with van der Waals surface area (Å²) in [5, 5.41) is 5.10. The number of nitrogens with zero attached hydrogens (tertiary/aromatic N) is 3. The van der Waals surface area contributed by atoms with E-state index in [9.17, 15) is 0 Å². The van der Waals surface area contributed by atoms with Gasteiger partial charge in [0, 0.05) is 55.8 Å². The molecule has 0 aliphatic carbocycles. The molecule has 4 nitrogen and oxygen atoms in total. The largest absolute Gasteiger partial charge is 0.493 e. The maximum atomic E-state index is 6.47. The maximum Gasteiger partial charge on any atom is 0.107 e. The Morgan fingerprint density at radius 3 is 2.40 bits per heavy atom. The van der Waals surface area contributed by atoms with Crippen LogP contribution in [0.5, 0.6) is 10.8 Å². The van der Waals surface area contributed by atoms with Gasteiger partial charge in [0.15, 0.2) is 0 Å². The van der Waals surface area contributed by atoms with Crippen molar-refractivity contribution in [2.24, 2.45) is 0 Å². The van der Waals surface area contributed by atoms with Crippen molar-refractivity contribution >= 4 is 65.6 Å². The number of pyridine rings is 1. The van der Waals surface area contributed by atoms with Crippen molar-refractivity contribution in [3.05, 3.63) is 133 Å². The number of hydrogen-bond donors (Lipinski definition) is 0. The van der Waals surface area contributed by atoms with Crippen LogP contribution < -0.4 is 14.5 Å². The van der Waals surface area contributed by atoms with Gasteiger partial charge in [-0.2, -0.15) is 34.1 Å². The monoisotopic (exact) mass is 801 g/mol. The molecule has 0 N–H and O–H groups in total. The third-order valence-electron chi connectivity index (χ3n) is 7.90. The van der Waals surface area contributed by atoms with Gasteiger partial charge in [-0.25, -0.2) is 0 Å². The molecular formula is C38H28N3OPtS2-3. The first kappa shape index (κ1) is 29.7. The predicted octanol–water partition coefficient (Wildman–Crippen LogP) is 11.3. The second kappa shape index (κ2) is 11.8. The first-order chi connectivity index (χ1) is 21.4. The molecule has 0 amide bonds. The molecule has 7 aromatic rings. The molecule has 3 aromatic heterocycles. The van der Waals surface area contributed by atoms with E-state index in [1.807, 2.05) is 24.4 Å². The van der Waals surface area contributed by atoms with Gasteiger partial charge in [-0.1, -0.05) is 67.4 Å². The van der Waals surface area contributed by atoms with E-state index in [0.29, 0.717) is 10.8 Å². The Morgan fingerprint density at radius 2 is 1.60 bits per heavy atom. The van der Waals surface area contributed by atoms with E-state index in [4.69, 9.17) is 9.72 Å². The summed E-state index contributed by atoms with van der Waals surface area (Å²) in [6.07, 6.45) is 1.92. The molecule has 7 heteroatoms. The number of fused-ring (bicyclic) bond motifs is 3. The van der Waals surface area contributed by atoms with Crippen LogP contribution in [-0.4, -0.2) is 4.98 Å². The minimum absolute atomic E-state index is 0. The number of hydrogen-bond acceptors (Lipinski definition) is 6. The predicted molar refractivity (Wildman–Crippen MR) is 185 cm³/mol. The number of rotatable bonds is 5. The van der Waals surface area contributed by atoms with Crippen molar-refractivity contribution in [2.45, 2.75) is 26.2 Å². The van der Waals surface area contributed by atoms with Gasteiger partial charge < -0.3 is 14.5 Å². The summed E-state index contributed by atoms with van der Waals surface area (Å²) in [6.45, 7) is 8.81. The van der Waals surface area contributed by atoms with Gasteiger partial charge >= 0.3 is 0 Å². The zero-order valence-electron chi connectivity index (χ0n) is 24.9. The van der Waals surface area contributed by atoms with E-state index in [1.54, 1.807) is 22.7 Å². The van der Waals surface area contributed by atoms with Crippen LogP contribution in [0.4, 0.5) is 22.7 Å². The normalized spacial score (nSPS) is 12.9. The van der Waals surface area contributed by atoms with Crippen molar-refractivity contribution in [1.82, 2.24) is 4.98 Å². The number of aromatic nitrogens is 1. The Bertz CT molecular complexity index is 2150. The van der Waals surface area contributed by atoms with Crippen molar-refractivity contribution in [3.8, 4) is 22.1 Å². The van der Waals surface area contributed by atoms with Crippen LogP contribution in [0, 0.1) is 18.8 Å². The molecule has 0 unspecified atom stereocenters. The zero-order valence-corrected chi connectivity index (χ0v) is 28.8. The van der Waals surface area contributed by atoms with Crippen molar-refractivity contribution < 1.29 is 25.8 Å². The molecule has 0 bridgehead atoms. The minimum atomic E-state index is 0. The third-order valence-corrected chi connectivity index (χ3v) is 9.76. The van der Waals surface area contributed by atoms with Crippen molar-refractivity contribution in [3.63, 3.8) is 0 Å². The summed E-state index contributed by atoms with van der Waals surface area (Å²) in [6, 6.07) is 40.7. The molecule has 45 heavy (non-hydrogen) atoms. The first-order valence-corrected chi connectivity index (χ1v) is 16.2. The Kier molecular flexibility index (Phi) is 7.77. The molecule has 8 rings (SSSR count). The van der Waals surface area contributed by atoms with Gasteiger partial charge in [0.1, 0.15) is 5.06 Å². The van der Waals surface area contributed by atoms with Gasteiger partial charge in [-0.3, -0.25) is 4.98 Å². The molecule has 0 spiro atoms. The minimum Gasteiger partial charge on any atom is -0.493 e. The van der Waals surface area contributed by atoms with E-state index in [1.165, 1.54) is 15.6 Å². The second-order valence-electron chi connectivity index (χ2n) is 11.8. The number of benzene rings is 4. The average Bonchev–Trinajstić information content (AvgIpc) is 3.77. The quantitative estimate of drug-likeness (QED) is 0.162. The van der Waals surface area contributed by atoms with Crippen molar-refractivity contribution in [2.75, 3.05) is 9.80 Å². The van der Waals surface area contributed by atoms with Crippen LogP contribution >= 0.6 is 22.7 Å². The van der Waals surface area contributed by atoms with E-state index in [0.717, 1.165) is 44.1 Å². The molecule has 1 aliphatic rings. The van der Waals surface area contributed by atoms with Crippen LogP contribution in [-0.2, 0) is 26.5 Å². The summed E-state index contributed by atoms with van der Waals surface area (Å²) in [4.78, 5) is 9.19. The van der Waals surface area contributed by atoms with Crippen LogP contribution in [0.1, 0.15) is 26.3 Å². The molecule has 226 valence electrons. The summed E-state index contributed by atoms with van der Waals surface area (Å²) in [5.74, 6) is 0.644. The number of ether oxygens (including phenoxy) is 1. The van der Waals surface area contributed by atoms with Crippen molar-refractivity contribution in [1.29, 1.82) is 0 Å². The number of anilines is 4. The third kappa shape index (κ3) is 5.46. The summed E-state index contributed by atoms with van der Waals surface area (Å²) >= 11 is 3.35. The molecule has 0 saturated heterocycles. The van der Waals surface area contributed by atoms with Crippen LogP contribution in [0.25, 0.3) is 31.4 Å². The smallest absolute Gasteiger partial charge is 0.107 e. The fourth-order valence-corrected chi connectivity index (χ4v) is 7.54. The molecule has 0 radical (unpaired) electrons. The average molecular weight is 802 g/mol. The number of thiophene rings is 2. The molecule has 0 atom stereocenters. The molecule has 1 aliphatic heterocycles. The van der Waals surface area contributed by atoms with Gasteiger partial charge in [-0.05, 0) is 68.9 Å². The summed E-state index contributed by atoms with van der Waals surface area (Å²) in [7, 11) is 0. The standard InChI is InChI=1S/C38H28N3OS2.Pt/c1-38(2,3)26-16-18-39-31(21-26)36-30-23-35(44-34(30)20-25-17-19-43-37(25)36)42-29-13-9-12-28(22-29)41-24-40(27-10-5-4-6-11-27)32-14-7-8-15-33(32)41;/h4-21,24H,1-3H3;/q-3;. The Balaban J connectivity index is 0.00000325. The second-order valence-corrected chi connectivity index (χ2v) is 13.8. The van der Waals surface area contributed by atoms with Crippen LogP contribution in [0.3, 0.4) is 0 Å². The summed E-state index contributed by atoms with van der Waals surface area (Å²) < 4.78 is 8.82. The molecular weight excluding hydrogens is 774 g/mol. The Labute approximate surface area is 285 Å². The van der Waals surface area contributed by atoms with Gasteiger partial charge in [0.05, 0.1) is 0 Å². The zero-order chi connectivity index (χ0) is 29.8. The fourth-order valence-electron chi connectivity index (χ4n) is 5.68. The van der Waals surface area contributed by atoms with Crippen LogP contribution in [0.2, 0.25) is 0 Å². The molecule has 0 fully saturated rings. The number of para-hydroxylation sites is 3. The fraction of sp³-hybridized carbons (Fsp3) is 0.105. The van der Waals surface area contributed by atoms with E-state index < -0.39 is 0 Å². The SMILES string of the molecule is CC(C)(C)c1ccnc(-c2c3[c-]c(Oc4[c-]c(N5[CH-]N(c6ccccc6)c6ccccc65)ccc4)sc3cc3ccsc23)c1.[Pt]. The molecule has 0 saturated carbocycles. The van der Waals surface area contributed by atoms with E-state index >= 15 is 0 Å². The molecule has 4 aromatic carbocycles. The van der Waals surface area contributed by atoms with Gasteiger partial charge in [0.2, 0.25) is 0 Å². The van der Waals surface area contributed by atoms with Crippen LogP contribution in [0.15, 0.2) is 109 Å². The van der Waals surface area contributed by atoms with Gasteiger partial charge in [-0.15, -0.1) is 36.6 Å². The Morgan fingerprint density at radius 1 is 0.822 bits per heavy atom. The van der Waals surface area contributed by atoms with E-state index in [-0.39, 0.29) is 26.5 Å². The summed E-state index contributed by atoms with van der Waals surface area (Å²) in [5.41, 5.74) is 7.59.